The first-order valence-electron chi connectivity index (χ1n) is 15.8. The van der Waals surface area contributed by atoms with Crippen LogP contribution in [-0.4, -0.2) is 25.0 Å². The fourth-order valence-electron chi connectivity index (χ4n) is 5.56. The zero-order valence-electron chi connectivity index (χ0n) is 24.4. The van der Waals surface area contributed by atoms with Crippen molar-refractivity contribution < 1.29 is 0 Å². The molecule has 1 unspecified atom stereocenters. The van der Waals surface area contributed by atoms with E-state index in [4.69, 9.17) is 0 Å². The Kier molecular flexibility index (Phi) is 25.0. The van der Waals surface area contributed by atoms with E-state index in [0.717, 1.165) is 17.8 Å². The highest BCUT2D eigenvalue weighted by Crippen LogP contribution is 2.25. The molecule has 0 saturated heterocycles. The molecule has 0 aromatic carbocycles. The van der Waals surface area contributed by atoms with E-state index in [9.17, 15) is 0 Å². The molecule has 0 radical (unpaired) electrons. The van der Waals surface area contributed by atoms with Gasteiger partial charge in [0, 0.05) is 0 Å². The maximum Gasteiger partial charge on any atom is -0.00191 e. The molecule has 0 bridgehead atoms. The molecule has 1 nitrogen and oxygen atoms in total. The average molecular weight is 466 g/mol. The third-order valence-electron chi connectivity index (χ3n) is 8.47. The monoisotopic (exact) mass is 466 g/mol. The van der Waals surface area contributed by atoms with E-state index in [1.807, 2.05) is 0 Å². The van der Waals surface area contributed by atoms with Crippen LogP contribution >= 0.6 is 0 Å². The lowest BCUT2D eigenvalue weighted by molar-refractivity contribution is 0.274. The van der Waals surface area contributed by atoms with Crippen LogP contribution in [-0.2, 0) is 0 Å². The highest BCUT2D eigenvalue weighted by molar-refractivity contribution is 4.65. The Morgan fingerprint density at radius 3 is 1.36 bits per heavy atom. The SMILES string of the molecule is CCCCCCC(CCCCCC)CCN(C)CCCCCCC(CC)CCC(CC)CC. The van der Waals surface area contributed by atoms with Crippen molar-refractivity contribution in [3.8, 4) is 0 Å². The van der Waals surface area contributed by atoms with Crippen molar-refractivity contribution in [3.05, 3.63) is 0 Å². The molecule has 0 fully saturated rings. The van der Waals surface area contributed by atoms with Crippen molar-refractivity contribution in [1.82, 2.24) is 4.90 Å². The van der Waals surface area contributed by atoms with E-state index in [1.54, 1.807) is 0 Å². The first kappa shape index (κ1) is 33.0. The van der Waals surface area contributed by atoms with Crippen LogP contribution in [0.5, 0.6) is 0 Å². The summed E-state index contributed by atoms with van der Waals surface area (Å²) in [6, 6.07) is 0. The molecule has 0 aliphatic heterocycles. The van der Waals surface area contributed by atoms with E-state index in [2.05, 4.69) is 46.6 Å². The molecule has 200 valence electrons. The molecule has 0 heterocycles. The lowest BCUT2D eigenvalue weighted by atomic mass is 9.88. The molecule has 1 heteroatoms. The van der Waals surface area contributed by atoms with Gasteiger partial charge in [0.1, 0.15) is 0 Å². The van der Waals surface area contributed by atoms with E-state index in [0.29, 0.717) is 0 Å². The number of hydrogen-bond donors (Lipinski definition) is 0. The summed E-state index contributed by atoms with van der Waals surface area (Å²) in [5.74, 6) is 2.94. The van der Waals surface area contributed by atoms with Gasteiger partial charge in [0.2, 0.25) is 0 Å². The molecule has 33 heavy (non-hydrogen) atoms. The van der Waals surface area contributed by atoms with Gasteiger partial charge in [-0.15, -0.1) is 0 Å². The zero-order chi connectivity index (χ0) is 24.6. The minimum absolute atomic E-state index is 0.974. The Morgan fingerprint density at radius 1 is 0.394 bits per heavy atom. The summed E-state index contributed by atoms with van der Waals surface area (Å²) < 4.78 is 0. The van der Waals surface area contributed by atoms with Gasteiger partial charge in [-0.2, -0.15) is 0 Å². The fraction of sp³-hybridized carbons (Fsp3) is 1.00. The Labute approximate surface area is 212 Å². The molecule has 0 saturated carbocycles. The van der Waals surface area contributed by atoms with Gasteiger partial charge in [-0.1, -0.05) is 157 Å². The van der Waals surface area contributed by atoms with E-state index in [-0.39, 0.29) is 0 Å². The Bertz CT molecular complexity index is 350. The molecule has 0 aliphatic carbocycles. The van der Waals surface area contributed by atoms with Gasteiger partial charge >= 0.3 is 0 Å². The second-order valence-corrected chi connectivity index (χ2v) is 11.4. The van der Waals surface area contributed by atoms with E-state index in [1.165, 1.54) is 148 Å². The lowest BCUT2D eigenvalue weighted by Gasteiger charge is -2.22. The normalized spacial score (nSPS) is 13.0. The van der Waals surface area contributed by atoms with Crippen molar-refractivity contribution >= 4 is 0 Å². The van der Waals surface area contributed by atoms with Crippen LogP contribution in [0.2, 0.25) is 0 Å². The largest absolute Gasteiger partial charge is 0.306 e. The van der Waals surface area contributed by atoms with Gasteiger partial charge in [0.05, 0.1) is 0 Å². The Morgan fingerprint density at radius 2 is 0.848 bits per heavy atom. The molecule has 0 amide bonds. The number of nitrogens with zero attached hydrogens (tertiary/aromatic N) is 1. The molecule has 0 rings (SSSR count). The minimum Gasteiger partial charge on any atom is -0.306 e. The van der Waals surface area contributed by atoms with Gasteiger partial charge < -0.3 is 4.90 Å². The smallest absolute Gasteiger partial charge is 0.00191 e. The number of rotatable bonds is 26. The Balaban J connectivity index is 3.93. The third-order valence-corrected chi connectivity index (χ3v) is 8.47. The second kappa shape index (κ2) is 25.1. The van der Waals surface area contributed by atoms with Crippen molar-refractivity contribution in [2.24, 2.45) is 17.8 Å². The summed E-state index contributed by atoms with van der Waals surface area (Å²) in [6.45, 7) is 14.4. The molecule has 0 aliphatic rings. The van der Waals surface area contributed by atoms with Crippen LogP contribution in [0.15, 0.2) is 0 Å². The summed E-state index contributed by atoms with van der Waals surface area (Å²) >= 11 is 0. The van der Waals surface area contributed by atoms with Crippen LogP contribution in [0.1, 0.15) is 169 Å². The molecule has 1 atom stereocenters. The van der Waals surface area contributed by atoms with Gasteiger partial charge in [-0.3, -0.25) is 0 Å². The van der Waals surface area contributed by atoms with Gasteiger partial charge in [0.15, 0.2) is 0 Å². The fourth-order valence-corrected chi connectivity index (χ4v) is 5.56. The number of unbranched alkanes of at least 4 members (excludes halogenated alkanes) is 9. The summed E-state index contributed by atoms with van der Waals surface area (Å²) in [5.41, 5.74) is 0. The highest BCUT2D eigenvalue weighted by Gasteiger charge is 2.11. The first-order chi connectivity index (χ1) is 16.1. The predicted octanol–water partition coefficient (Wildman–Crippen LogP) is 11.1. The number of hydrogen-bond acceptors (Lipinski definition) is 1. The third kappa shape index (κ3) is 21.0. The van der Waals surface area contributed by atoms with Crippen molar-refractivity contribution in [2.45, 2.75) is 169 Å². The van der Waals surface area contributed by atoms with Crippen LogP contribution in [0.25, 0.3) is 0 Å². The standard InChI is InChI=1S/C32H67N/c1-7-12-14-18-23-32(24-19-15-13-8-2)27-29-33(6)28-21-17-16-20-22-31(11-5)26-25-30(9-3)10-4/h30-32H,7-29H2,1-6H3. The molecule has 0 aromatic heterocycles. The topological polar surface area (TPSA) is 3.24 Å². The molecular weight excluding hydrogens is 398 g/mol. The maximum absolute atomic E-state index is 2.63. The quantitative estimate of drug-likeness (QED) is 0.115. The van der Waals surface area contributed by atoms with Crippen LogP contribution in [0, 0.1) is 17.8 Å². The summed E-state index contributed by atoms with van der Waals surface area (Å²) in [5, 5.41) is 0. The molecule has 0 N–H and O–H groups in total. The van der Waals surface area contributed by atoms with Gasteiger partial charge in [-0.25, -0.2) is 0 Å². The summed E-state index contributed by atoms with van der Waals surface area (Å²) in [4.78, 5) is 2.63. The summed E-state index contributed by atoms with van der Waals surface area (Å²) in [7, 11) is 2.37. The minimum atomic E-state index is 0.974. The molecular formula is C32H67N. The first-order valence-corrected chi connectivity index (χ1v) is 15.8. The van der Waals surface area contributed by atoms with E-state index >= 15 is 0 Å². The summed E-state index contributed by atoms with van der Waals surface area (Å²) in [6.07, 6.45) is 30.1. The highest BCUT2D eigenvalue weighted by atomic mass is 15.1. The predicted molar refractivity (Wildman–Crippen MR) is 153 cm³/mol. The van der Waals surface area contributed by atoms with Crippen molar-refractivity contribution in [1.29, 1.82) is 0 Å². The second-order valence-electron chi connectivity index (χ2n) is 11.4. The van der Waals surface area contributed by atoms with Crippen LogP contribution in [0.4, 0.5) is 0 Å². The zero-order valence-corrected chi connectivity index (χ0v) is 24.4. The van der Waals surface area contributed by atoms with Gasteiger partial charge in [0.25, 0.3) is 0 Å². The lowest BCUT2D eigenvalue weighted by Crippen LogP contribution is -2.23. The van der Waals surface area contributed by atoms with Crippen LogP contribution in [0.3, 0.4) is 0 Å². The maximum atomic E-state index is 2.63. The van der Waals surface area contributed by atoms with E-state index < -0.39 is 0 Å². The van der Waals surface area contributed by atoms with Crippen molar-refractivity contribution in [3.63, 3.8) is 0 Å². The average Bonchev–Trinajstić information content (AvgIpc) is 2.83. The van der Waals surface area contributed by atoms with Crippen LogP contribution < -0.4 is 0 Å². The Hall–Kier alpha value is -0.0400. The molecule has 0 spiro atoms. The van der Waals surface area contributed by atoms with Crippen molar-refractivity contribution in [2.75, 3.05) is 20.1 Å². The molecule has 0 aromatic rings. The van der Waals surface area contributed by atoms with Gasteiger partial charge in [-0.05, 0) is 50.7 Å².